The zero-order valence-electron chi connectivity index (χ0n) is 23.9. The summed E-state index contributed by atoms with van der Waals surface area (Å²) in [4.78, 5) is 19.5. The summed E-state index contributed by atoms with van der Waals surface area (Å²) in [5.74, 6) is 0. The van der Waals surface area contributed by atoms with Gasteiger partial charge in [-0.3, -0.25) is 4.98 Å². The van der Waals surface area contributed by atoms with Gasteiger partial charge in [0.05, 0.1) is 33.1 Å². The minimum absolute atomic E-state index is 0.563. The number of hydrogen-bond donors (Lipinski definition) is 0. The summed E-state index contributed by atoms with van der Waals surface area (Å²) in [5.41, 5.74) is 10.0. The molecule has 10 rings (SSSR count). The Morgan fingerprint density at radius 3 is 2.09 bits per heavy atom. The predicted molar refractivity (Wildman–Crippen MR) is 183 cm³/mol. The highest BCUT2D eigenvalue weighted by Gasteiger charge is 2.16. The molecule has 0 N–H and O–H groups in total. The van der Waals surface area contributed by atoms with Gasteiger partial charge in [-0.2, -0.15) is 0 Å². The SMILES string of the molecule is c1cnc2c(c1)ccc1ccc(-c3ccc(-c4ccc5c(ccc6oc7nc8ccccc8nc7c65)c4)c4ccccc34)nc12. The number of nitrogens with zero attached hydrogens (tertiary/aromatic N) is 4. The van der Waals surface area contributed by atoms with Crippen LogP contribution in [0, 0.1) is 0 Å². The van der Waals surface area contributed by atoms with Gasteiger partial charge in [0.25, 0.3) is 0 Å². The first-order chi connectivity index (χ1) is 22.3. The van der Waals surface area contributed by atoms with Crippen molar-refractivity contribution in [2.75, 3.05) is 0 Å². The lowest BCUT2D eigenvalue weighted by Crippen LogP contribution is -1.91. The van der Waals surface area contributed by atoms with Gasteiger partial charge >= 0.3 is 0 Å². The van der Waals surface area contributed by atoms with Crippen LogP contribution in [0.4, 0.5) is 0 Å². The van der Waals surface area contributed by atoms with E-state index in [0.29, 0.717) is 5.71 Å². The molecule has 4 aromatic heterocycles. The Kier molecular flexibility index (Phi) is 4.93. The van der Waals surface area contributed by atoms with Gasteiger partial charge < -0.3 is 4.42 Å². The minimum atomic E-state index is 0.563. The normalized spacial score (nSPS) is 12.0. The molecule has 10 aromatic rings. The number of fused-ring (bicyclic) bond motifs is 10. The molecule has 0 fully saturated rings. The number of pyridine rings is 2. The quantitative estimate of drug-likeness (QED) is 0.192. The van der Waals surface area contributed by atoms with E-state index in [1.807, 2.05) is 42.6 Å². The second-order valence-electron chi connectivity index (χ2n) is 11.5. The van der Waals surface area contributed by atoms with E-state index in [-0.39, 0.29) is 0 Å². The van der Waals surface area contributed by atoms with Crippen molar-refractivity contribution in [1.82, 2.24) is 19.9 Å². The highest BCUT2D eigenvalue weighted by Crippen LogP contribution is 2.39. The first-order valence-electron chi connectivity index (χ1n) is 15.0. The summed E-state index contributed by atoms with van der Waals surface area (Å²) >= 11 is 0. The molecule has 4 heterocycles. The third-order valence-corrected chi connectivity index (χ3v) is 8.91. The third kappa shape index (κ3) is 3.61. The summed E-state index contributed by atoms with van der Waals surface area (Å²) in [6, 6.07) is 44.2. The molecule has 0 aliphatic carbocycles. The van der Waals surface area contributed by atoms with Crippen LogP contribution >= 0.6 is 0 Å². The number of benzene rings is 6. The number of aromatic nitrogens is 4. The van der Waals surface area contributed by atoms with Crippen molar-refractivity contribution < 1.29 is 4.42 Å². The maximum Gasteiger partial charge on any atom is 0.246 e. The summed E-state index contributed by atoms with van der Waals surface area (Å²) in [6.45, 7) is 0. The number of furan rings is 1. The van der Waals surface area contributed by atoms with Crippen LogP contribution in [-0.2, 0) is 0 Å². The zero-order valence-corrected chi connectivity index (χ0v) is 23.9. The molecule has 0 unspecified atom stereocenters. The van der Waals surface area contributed by atoms with Crippen molar-refractivity contribution in [3.63, 3.8) is 0 Å². The summed E-state index contributed by atoms with van der Waals surface area (Å²) in [7, 11) is 0. The molecule has 0 aliphatic rings. The van der Waals surface area contributed by atoms with Crippen molar-refractivity contribution in [3.05, 3.63) is 134 Å². The summed E-state index contributed by atoms with van der Waals surface area (Å²) < 4.78 is 6.16. The van der Waals surface area contributed by atoms with Crippen LogP contribution in [0.2, 0.25) is 0 Å². The topological polar surface area (TPSA) is 64.7 Å². The lowest BCUT2D eigenvalue weighted by Gasteiger charge is -2.13. The van der Waals surface area contributed by atoms with Crippen molar-refractivity contribution in [2.24, 2.45) is 0 Å². The standard InChI is InChI=1S/C40H22N4O/c1-2-8-30-29(7-1)27(17-18-31(30)32-19-14-24-12-11-23-6-5-21-41-37(23)38(24)42-32)25-13-16-28-26(22-25)15-20-35-36(28)39-40(45-35)44-34-10-4-3-9-33(34)43-39/h1-22H. The molecule has 0 radical (unpaired) electrons. The highest BCUT2D eigenvalue weighted by molar-refractivity contribution is 6.18. The molecule has 208 valence electrons. The Morgan fingerprint density at radius 1 is 0.467 bits per heavy atom. The molecule has 0 spiro atoms. The predicted octanol–water partition coefficient (Wildman–Crippen LogP) is 10.3. The van der Waals surface area contributed by atoms with Gasteiger partial charge in [-0.1, -0.05) is 91.0 Å². The zero-order chi connectivity index (χ0) is 29.5. The highest BCUT2D eigenvalue weighted by atomic mass is 16.3. The Balaban J connectivity index is 1.15. The van der Waals surface area contributed by atoms with Crippen LogP contribution in [0.5, 0.6) is 0 Å². The molecule has 5 heteroatoms. The van der Waals surface area contributed by atoms with Gasteiger partial charge in [0.2, 0.25) is 5.71 Å². The molecule has 0 amide bonds. The average molecular weight is 575 g/mol. The monoisotopic (exact) mass is 574 g/mol. The van der Waals surface area contributed by atoms with Gasteiger partial charge in [0.1, 0.15) is 11.1 Å². The summed E-state index contributed by atoms with van der Waals surface area (Å²) in [5, 5.41) is 7.74. The first-order valence-corrected chi connectivity index (χ1v) is 15.0. The van der Waals surface area contributed by atoms with Gasteiger partial charge in [0, 0.05) is 22.5 Å². The Morgan fingerprint density at radius 2 is 1.20 bits per heavy atom. The van der Waals surface area contributed by atoms with Crippen LogP contribution in [0.15, 0.2) is 138 Å². The maximum atomic E-state index is 6.16. The molecule has 5 nitrogen and oxygen atoms in total. The van der Waals surface area contributed by atoms with E-state index in [0.717, 1.165) is 82.3 Å². The Hall–Kier alpha value is -6.20. The molecule has 0 bridgehead atoms. The van der Waals surface area contributed by atoms with Gasteiger partial charge in [-0.05, 0) is 69.1 Å². The van der Waals surface area contributed by atoms with E-state index < -0.39 is 0 Å². The second-order valence-corrected chi connectivity index (χ2v) is 11.5. The second kappa shape index (κ2) is 9.15. The summed E-state index contributed by atoms with van der Waals surface area (Å²) in [6.07, 6.45) is 1.83. The van der Waals surface area contributed by atoms with Crippen LogP contribution in [0.1, 0.15) is 0 Å². The van der Waals surface area contributed by atoms with Crippen molar-refractivity contribution >= 4 is 76.6 Å². The van der Waals surface area contributed by atoms with Crippen LogP contribution in [-0.4, -0.2) is 19.9 Å². The van der Waals surface area contributed by atoms with Crippen LogP contribution < -0.4 is 0 Å². The fourth-order valence-electron chi connectivity index (χ4n) is 6.78. The Labute approximate surface area is 256 Å². The van der Waals surface area contributed by atoms with E-state index in [4.69, 9.17) is 19.4 Å². The van der Waals surface area contributed by atoms with Crippen molar-refractivity contribution in [3.8, 4) is 22.4 Å². The molecule has 45 heavy (non-hydrogen) atoms. The Bertz CT molecular complexity index is 2840. The van der Waals surface area contributed by atoms with Crippen LogP contribution in [0.25, 0.3) is 99.0 Å². The molecule has 0 atom stereocenters. The molecule has 6 aromatic carbocycles. The number of hydrogen-bond acceptors (Lipinski definition) is 5. The van der Waals surface area contributed by atoms with E-state index in [1.165, 1.54) is 10.9 Å². The fraction of sp³-hybridized carbons (Fsp3) is 0. The molecular weight excluding hydrogens is 552 g/mol. The third-order valence-electron chi connectivity index (χ3n) is 8.91. The largest absolute Gasteiger partial charge is 0.436 e. The van der Waals surface area contributed by atoms with Gasteiger partial charge in [-0.25, -0.2) is 15.0 Å². The van der Waals surface area contributed by atoms with Gasteiger partial charge in [0.15, 0.2) is 0 Å². The van der Waals surface area contributed by atoms with Crippen LogP contribution in [0.3, 0.4) is 0 Å². The molecule has 0 saturated heterocycles. The molecule has 0 aliphatic heterocycles. The van der Waals surface area contributed by atoms with E-state index >= 15 is 0 Å². The van der Waals surface area contributed by atoms with Crippen molar-refractivity contribution in [1.29, 1.82) is 0 Å². The first kappa shape index (κ1) is 24.3. The number of rotatable bonds is 2. The maximum absolute atomic E-state index is 6.16. The smallest absolute Gasteiger partial charge is 0.246 e. The molecule has 0 saturated carbocycles. The average Bonchev–Trinajstić information content (AvgIpc) is 3.47. The lowest BCUT2D eigenvalue weighted by molar-refractivity contribution is 0.655. The van der Waals surface area contributed by atoms with E-state index in [2.05, 4.69) is 96.0 Å². The van der Waals surface area contributed by atoms with Crippen molar-refractivity contribution in [2.45, 2.75) is 0 Å². The lowest BCUT2D eigenvalue weighted by atomic mass is 9.92. The fourth-order valence-corrected chi connectivity index (χ4v) is 6.78. The number of para-hydroxylation sites is 2. The van der Waals surface area contributed by atoms with E-state index in [9.17, 15) is 0 Å². The van der Waals surface area contributed by atoms with Gasteiger partial charge in [-0.15, -0.1) is 0 Å². The minimum Gasteiger partial charge on any atom is -0.436 e. The van der Waals surface area contributed by atoms with E-state index in [1.54, 1.807) is 0 Å². The molecular formula is C40H22N4O.